The number of nitrogens with zero attached hydrogens (tertiary/aromatic N) is 2. The molecule has 0 aromatic carbocycles. The SMILES string of the molecule is C=C/N=C(I)\C=C(/N)c1ccc(F)nc1. The van der Waals surface area contributed by atoms with Gasteiger partial charge < -0.3 is 5.73 Å². The van der Waals surface area contributed by atoms with E-state index >= 15 is 0 Å². The van der Waals surface area contributed by atoms with E-state index in [2.05, 4.69) is 16.6 Å². The molecule has 2 N–H and O–H groups in total. The Kier molecular flexibility index (Phi) is 4.41. The molecule has 0 aliphatic carbocycles. The van der Waals surface area contributed by atoms with Crippen LogP contribution in [-0.2, 0) is 0 Å². The van der Waals surface area contributed by atoms with Crippen LogP contribution in [0.25, 0.3) is 5.70 Å². The Morgan fingerprint density at radius 2 is 2.33 bits per heavy atom. The minimum atomic E-state index is -0.527. The topological polar surface area (TPSA) is 51.3 Å². The maximum Gasteiger partial charge on any atom is 0.212 e. The largest absolute Gasteiger partial charge is 0.398 e. The van der Waals surface area contributed by atoms with E-state index in [1.54, 1.807) is 12.1 Å². The van der Waals surface area contributed by atoms with Gasteiger partial charge in [0.1, 0.15) is 3.72 Å². The van der Waals surface area contributed by atoms with Crippen molar-refractivity contribution in [1.29, 1.82) is 0 Å². The normalized spacial score (nSPS) is 12.7. The fourth-order valence-corrected chi connectivity index (χ4v) is 1.42. The summed E-state index contributed by atoms with van der Waals surface area (Å²) < 4.78 is 13.2. The van der Waals surface area contributed by atoms with E-state index in [4.69, 9.17) is 5.73 Å². The maximum atomic E-state index is 12.5. The standard InChI is InChI=1S/C10H9FIN3/c1-2-14-10(12)5-8(13)7-3-4-9(11)15-6-7/h2-6H,1,13H2/b8-5-,14-10+. The molecule has 0 unspecified atom stereocenters. The molecule has 1 aromatic rings. The predicted octanol–water partition coefficient (Wildman–Crippen LogP) is 2.50. The zero-order valence-corrected chi connectivity index (χ0v) is 9.98. The van der Waals surface area contributed by atoms with E-state index in [9.17, 15) is 4.39 Å². The molecule has 1 heterocycles. The van der Waals surface area contributed by atoms with Gasteiger partial charge in [-0.15, -0.1) is 0 Å². The molecule has 0 amide bonds. The second-order valence-corrected chi connectivity index (χ2v) is 3.71. The highest BCUT2D eigenvalue weighted by molar-refractivity contribution is 14.1. The van der Waals surface area contributed by atoms with Crippen molar-refractivity contribution < 1.29 is 4.39 Å². The van der Waals surface area contributed by atoms with Gasteiger partial charge in [0.25, 0.3) is 0 Å². The summed E-state index contributed by atoms with van der Waals surface area (Å²) in [5.41, 5.74) is 6.90. The molecule has 0 fully saturated rings. The minimum absolute atomic E-state index is 0.484. The first-order valence-corrected chi connectivity index (χ1v) is 5.14. The summed E-state index contributed by atoms with van der Waals surface area (Å²) in [6.07, 6.45) is 4.46. The number of halogens is 2. The zero-order valence-electron chi connectivity index (χ0n) is 7.82. The molecule has 5 heteroatoms. The highest BCUT2D eigenvalue weighted by Crippen LogP contribution is 2.09. The summed E-state index contributed by atoms with van der Waals surface area (Å²) >= 11 is 2.02. The van der Waals surface area contributed by atoms with E-state index in [-0.39, 0.29) is 0 Å². The number of allylic oxidation sites excluding steroid dienone is 1. The smallest absolute Gasteiger partial charge is 0.212 e. The molecular weight excluding hydrogens is 308 g/mol. The van der Waals surface area contributed by atoms with Gasteiger partial charge in [0, 0.05) is 23.7 Å². The number of hydrogen-bond acceptors (Lipinski definition) is 3. The third-order valence-corrected chi connectivity index (χ3v) is 2.14. The Morgan fingerprint density at radius 3 is 2.87 bits per heavy atom. The molecule has 78 valence electrons. The molecule has 1 rings (SSSR count). The highest BCUT2D eigenvalue weighted by Gasteiger charge is 1.98. The average Bonchev–Trinajstić information content (AvgIpc) is 2.18. The first kappa shape index (κ1) is 11.8. The first-order valence-electron chi connectivity index (χ1n) is 4.07. The summed E-state index contributed by atoms with van der Waals surface area (Å²) in [7, 11) is 0. The summed E-state index contributed by atoms with van der Waals surface area (Å²) in [5, 5.41) is 0. The molecule has 0 saturated heterocycles. The second kappa shape index (κ2) is 5.59. The van der Waals surface area contributed by atoms with Crippen LogP contribution in [0.3, 0.4) is 0 Å². The van der Waals surface area contributed by atoms with E-state index in [0.29, 0.717) is 15.0 Å². The number of hydrogen-bond donors (Lipinski definition) is 1. The summed E-state index contributed by atoms with van der Waals surface area (Å²) in [5.74, 6) is -0.527. The Balaban J connectivity index is 2.93. The summed E-state index contributed by atoms with van der Waals surface area (Å²) in [4.78, 5) is 7.43. The van der Waals surface area contributed by atoms with Crippen LogP contribution in [0.15, 0.2) is 42.2 Å². The number of aliphatic imine (C=N–C) groups is 1. The van der Waals surface area contributed by atoms with Gasteiger partial charge >= 0.3 is 0 Å². The molecule has 0 atom stereocenters. The fraction of sp³-hybridized carbons (Fsp3) is 0. The van der Waals surface area contributed by atoms with Gasteiger partial charge in [-0.3, -0.25) is 4.99 Å². The van der Waals surface area contributed by atoms with E-state index in [1.807, 2.05) is 22.6 Å². The third-order valence-electron chi connectivity index (χ3n) is 1.55. The Hall–Kier alpha value is -1.24. The lowest BCUT2D eigenvalue weighted by atomic mass is 10.2. The van der Waals surface area contributed by atoms with Crippen LogP contribution in [0.4, 0.5) is 4.39 Å². The van der Waals surface area contributed by atoms with Crippen molar-refractivity contribution >= 4 is 32.0 Å². The molecule has 1 aromatic heterocycles. The minimum Gasteiger partial charge on any atom is -0.398 e. The molecule has 0 aliphatic rings. The van der Waals surface area contributed by atoms with Crippen molar-refractivity contribution in [3.63, 3.8) is 0 Å². The number of aromatic nitrogens is 1. The van der Waals surface area contributed by atoms with Gasteiger partial charge in [0.15, 0.2) is 0 Å². The van der Waals surface area contributed by atoms with Crippen LogP contribution in [0.2, 0.25) is 0 Å². The van der Waals surface area contributed by atoms with Crippen LogP contribution in [0, 0.1) is 5.95 Å². The van der Waals surface area contributed by atoms with Crippen molar-refractivity contribution in [2.75, 3.05) is 0 Å². The van der Waals surface area contributed by atoms with Crippen molar-refractivity contribution in [1.82, 2.24) is 4.98 Å². The van der Waals surface area contributed by atoms with Crippen LogP contribution >= 0.6 is 22.6 Å². The second-order valence-electron chi connectivity index (χ2n) is 2.60. The van der Waals surface area contributed by atoms with Gasteiger partial charge in [-0.05, 0) is 40.8 Å². The zero-order chi connectivity index (χ0) is 11.3. The van der Waals surface area contributed by atoms with E-state index < -0.39 is 5.95 Å². The average molecular weight is 317 g/mol. The lowest BCUT2D eigenvalue weighted by Gasteiger charge is -1.99. The number of rotatable bonds is 3. The molecule has 0 aliphatic heterocycles. The van der Waals surface area contributed by atoms with Gasteiger partial charge in [0.2, 0.25) is 5.95 Å². The van der Waals surface area contributed by atoms with Crippen LogP contribution < -0.4 is 5.73 Å². The Bertz CT molecular complexity index is 409. The number of nitrogens with two attached hydrogens (primary N) is 1. The molecule has 3 nitrogen and oxygen atoms in total. The fourth-order valence-electron chi connectivity index (χ4n) is 0.883. The molecular formula is C10H9FIN3. The van der Waals surface area contributed by atoms with Crippen LogP contribution in [0.1, 0.15) is 5.56 Å². The van der Waals surface area contributed by atoms with Gasteiger partial charge in [-0.2, -0.15) is 4.39 Å². The molecule has 0 bridgehead atoms. The number of pyridine rings is 1. The van der Waals surface area contributed by atoms with Gasteiger partial charge in [0.05, 0.1) is 0 Å². The van der Waals surface area contributed by atoms with Gasteiger partial charge in [-0.25, -0.2) is 4.98 Å². The lowest BCUT2D eigenvalue weighted by Crippen LogP contribution is -1.99. The highest BCUT2D eigenvalue weighted by atomic mass is 127. The monoisotopic (exact) mass is 317 g/mol. The third kappa shape index (κ3) is 3.78. The van der Waals surface area contributed by atoms with Crippen LogP contribution in [-0.4, -0.2) is 8.70 Å². The van der Waals surface area contributed by atoms with Crippen molar-refractivity contribution in [3.8, 4) is 0 Å². The lowest BCUT2D eigenvalue weighted by molar-refractivity contribution is 0.583. The van der Waals surface area contributed by atoms with Gasteiger partial charge in [-0.1, -0.05) is 6.58 Å². The first-order chi connectivity index (χ1) is 7.13. The van der Waals surface area contributed by atoms with Crippen LogP contribution in [0.5, 0.6) is 0 Å². The Morgan fingerprint density at radius 1 is 1.60 bits per heavy atom. The summed E-state index contributed by atoms with van der Waals surface area (Å²) in [6, 6.07) is 2.82. The predicted molar refractivity (Wildman–Crippen MR) is 68.0 cm³/mol. The van der Waals surface area contributed by atoms with Crippen molar-refractivity contribution in [2.24, 2.45) is 10.7 Å². The maximum absolute atomic E-state index is 12.5. The molecule has 0 spiro atoms. The molecule has 0 saturated carbocycles. The van der Waals surface area contributed by atoms with E-state index in [0.717, 1.165) is 0 Å². The molecule has 15 heavy (non-hydrogen) atoms. The summed E-state index contributed by atoms with van der Waals surface area (Å²) in [6.45, 7) is 3.47. The van der Waals surface area contributed by atoms with E-state index in [1.165, 1.54) is 18.5 Å². The van der Waals surface area contributed by atoms with Crippen molar-refractivity contribution in [3.05, 3.63) is 48.7 Å². The van der Waals surface area contributed by atoms with Crippen molar-refractivity contribution in [2.45, 2.75) is 0 Å². The quantitative estimate of drug-likeness (QED) is 0.529. The Labute approximate surface area is 101 Å². The molecule has 0 radical (unpaired) electrons.